The van der Waals surface area contributed by atoms with Crippen molar-refractivity contribution < 1.29 is 48.0 Å². The summed E-state index contributed by atoms with van der Waals surface area (Å²) in [6.07, 6.45) is 0. The van der Waals surface area contributed by atoms with E-state index in [2.05, 4.69) is 0 Å². The molecule has 276 valence electrons. The lowest BCUT2D eigenvalue weighted by atomic mass is 9.88. The maximum atomic E-state index is 10.1. The van der Waals surface area contributed by atoms with Crippen molar-refractivity contribution in [1.29, 1.82) is 0 Å². The van der Waals surface area contributed by atoms with Crippen molar-refractivity contribution in [2.75, 3.05) is 0 Å². The first kappa shape index (κ1) is 13.9. The number of rotatable bonds is 5. The maximum Gasteiger partial charge on any atom is 0.0636 e. The lowest BCUT2D eigenvalue weighted by Gasteiger charge is -2.16. The van der Waals surface area contributed by atoms with E-state index in [1.165, 1.54) is 0 Å². The first-order chi connectivity index (χ1) is 44.4. The van der Waals surface area contributed by atoms with Gasteiger partial charge in [0.2, 0.25) is 0 Å². The summed E-state index contributed by atoms with van der Waals surface area (Å²) in [7, 11) is 0. The molecule has 0 heteroatoms. The average molecular weight is 792 g/mol. The van der Waals surface area contributed by atoms with Crippen LogP contribution in [0.25, 0.3) is 131 Å². The number of hydrogen-bond donors (Lipinski definition) is 0. The molecule has 0 aliphatic heterocycles. The van der Waals surface area contributed by atoms with Crippen molar-refractivity contribution in [1.82, 2.24) is 0 Å². The Balaban J connectivity index is 1.20. The largest absolute Gasteiger partial charge is 0.0636 e. The van der Waals surface area contributed by atoms with Gasteiger partial charge in [-0.2, -0.15) is 0 Å². The Labute approximate surface area is 397 Å². The minimum absolute atomic E-state index is 0.322. The molecule has 0 saturated heterocycles. The topological polar surface area (TPSA) is 0 Å². The second kappa shape index (κ2) is 12.9. The van der Waals surface area contributed by atoms with Gasteiger partial charge in [-0.15, -0.1) is 0 Å². The van der Waals surface area contributed by atoms with E-state index in [9.17, 15) is 26.0 Å². The zero-order valence-corrected chi connectivity index (χ0v) is 30.1. The van der Waals surface area contributed by atoms with Crippen LogP contribution in [0.5, 0.6) is 0 Å². The molecular formula is C60H36. The predicted molar refractivity (Wildman–Crippen MR) is 259 cm³/mol. The standard InChI is InChI=1S/C60H36/c1-2-15-51-38(7-1)8-6-16-52(51)50-35-48(37-17-19-39(20-18-37)53-29-25-44-23-21-40-9-3-11-42-27-31-55(53)59(44)57(40)42)34-49(36-50)46-13-5-14-47(33-46)54-30-26-45-24-22-41-10-4-12-43-28-32-56(54)60(45)58(41)43/h1-36H/i1D,2D,3D,4D,5D,6D,7D,8D,9D,10D,11D,12D,13D,14D,15D,16D,17D,18D,19D,20D,21D,22D,23D,24D,25D,26D,27D,28D,29D,30D,31D,32D,33D,35D,36D. The van der Waals surface area contributed by atoms with Crippen LogP contribution in [-0.4, -0.2) is 0 Å². The third-order valence-corrected chi connectivity index (χ3v) is 10.3. The molecule has 0 amide bonds. The van der Waals surface area contributed by atoms with Gasteiger partial charge in [0.1, 0.15) is 0 Å². The first-order valence-electron chi connectivity index (χ1n) is 35.6. The number of fused-ring (bicyclic) bond motifs is 1. The Bertz CT molecular complexity index is 5810. The van der Waals surface area contributed by atoms with Gasteiger partial charge in [0, 0.05) is 0 Å². The van der Waals surface area contributed by atoms with Crippen LogP contribution in [0, 0.1) is 0 Å². The quantitative estimate of drug-likeness (QED) is 0.152. The highest BCUT2D eigenvalue weighted by molar-refractivity contribution is 6.26. The summed E-state index contributed by atoms with van der Waals surface area (Å²) in [5.41, 5.74) is -8.71. The average Bonchev–Trinajstić information content (AvgIpc) is 0.693. The minimum Gasteiger partial charge on any atom is -0.0616 e. The summed E-state index contributed by atoms with van der Waals surface area (Å²) in [4.78, 5) is 0. The molecule has 0 heterocycles. The minimum atomic E-state index is -1.16. The van der Waals surface area contributed by atoms with E-state index in [-0.39, 0.29) is 16.2 Å². The van der Waals surface area contributed by atoms with Crippen molar-refractivity contribution in [3.63, 3.8) is 0 Å². The molecule has 0 fully saturated rings. The van der Waals surface area contributed by atoms with Crippen LogP contribution in [0.1, 0.15) is 48.0 Å². The molecular weight excluding hydrogens is 721 g/mol. The second-order valence-corrected chi connectivity index (χ2v) is 13.6. The normalized spacial score (nSPS) is 20.2. The van der Waals surface area contributed by atoms with Crippen molar-refractivity contribution in [3.05, 3.63) is 218 Å². The summed E-state index contributed by atoms with van der Waals surface area (Å²) in [6.45, 7) is 0. The van der Waals surface area contributed by atoms with E-state index >= 15 is 0 Å². The summed E-state index contributed by atoms with van der Waals surface area (Å²) in [5.74, 6) is 0. The van der Waals surface area contributed by atoms with Gasteiger partial charge in [-0.05, 0) is 155 Å². The SMILES string of the molecule is [2H]c1c([2H])c(-c2cc(-c3c([2H])c([2H])c(-c4c([2H])c([2H])c5c([2H])c([2H])c6c([2H])c([2H])c([2H])c7c([2H])c([2H])c4c5c67)c([2H])c3[2H])c([2H])c(-c3c([2H])c([2H])c([2H])c4c([2H])c([2H])c([2H])c([2H])c34)c2[2H])c([2H])c(-c2c([2H])c([2H])c3c([2H])c([2H])c4c([2H])c([2H])c([2H])c5c([2H])c([2H])c2c3c45)c1[2H]. The van der Waals surface area contributed by atoms with Gasteiger partial charge in [-0.1, -0.05) is 193 Å². The van der Waals surface area contributed by atoms with Gasteiger partial charge in [-0.25, -0.2) is 0 Å². The summed E-state index contributed by atoms with van der Waals surface area (Å²) >= 11 is 0. The molecule has 13 aromatic carbocycles. The summed E-state index contributed by atoms with van der Waals surface area (Å²) < 4.78 is 323. The van der Waals surface area contributed by atoms with Gasteiger partial charge in [0.05, 0.1) is 48.0 Å². The van der Waals surface area contributed by atoms with Crippen LogP contribution in [0.3, 0.4) is 0 Å². The third-order valence-electron chi connectivity index (χ3n) is 10.3. The lowest BCUT2D eigenvalue weighted by molar-refractivity contribution is 1.57. The van der Waals surface area contributed by atoms with Crippen molar-refractivity contribution in [2.24, 2.45) is 0 Å². The summed E-state index contributed by atoms with van der Waals surface area (Å²) in [6, 6.07) is -32.2. The highest BCUT2D eigenvalue weighted by Gasteiger charge is 2.16. The molecule has 0 atom stereocenters. The van der Waals surface area contributed by atoms with Gasteiger partial charge < -0.3 is 0 Å². The van der Waals surface area contributed by atoms with Crippen LogP contribution in [0.15, 0.2) is 218 Å². The van der Waals surface area contributed by atoms with Gasteiger partial charge >= 0.3 is 0 Å². The zero-order chi connectivity index (χ0) is 69.8. The molecule has 60 heavy (non-hydrogen) atoms. The van der Waals surface area contributed by atoms with Gasteiger partial charge in [0.15, 0.2) is 0 Å². The maximum absolute atomic E-state index is 10.1. The fourth-order valence-electron chi connectivity index (χ4n) is 7.59. The van der Waals surface area contributed by atoms with E-state index in [0.717, 1.165) is 6.07 Å². The Hall–Kier alpha value is -7.80. The predicted octanol–water partition coefficient (Wildman–Crippen LogP) is 17.0. The highest BCUT2D eigenvalue weighted by atomic mass is 14.2. The van der Waals surface area contributed by atoms with Crippen molar-refractivity contribution in [2.45, 2.75) is 0 Å². The van der Waals surface area contributed by atoms with Crippen LogP contribution in [-0.2, 0) is 0 Å². The molecule has 0 N–H and O–H groups in total. The molecule has 0 aromatic heterocycles. The van der Waals surface area contributed by atoms with E-state index in [1.807, 2.05) is 0 Å². The van der Waals surface area contributed by atoms with Gasteiger partial charge in [0.25, 0.3) is 0 Å². The van der Waals surface area contributed by atoms with E-state index in [0.29, 0.717) is 0 Å². The van der Waals surface area contributed by atoms with E-state index in [1.54, 1.807) is 0 Å². The fourth-order valence-corrected chi connectivity index (χ4v) is 7.59. The Morgan fingerprint density at radius 2 is 0.633 bits per heavy atom. The zero-order valence-electron chi connectivity index (χ0n) is 65.1. The van der Waals surface area contributed by atoms with Crippen molar-refractivity contribution >= 4 is 75.4 Å². The van der Waals surface area contributed by atoms with Crippen molar-refractivity contribution in [3.8, 4) is 55.6 Å². The second-order valence-electron chi connectivity index (χ2n) is 13.6. The molecule has 13 rings (SSSR count). The summed E-state index contributed by atoms with van der Waals surface area (Å²) in [5, 5.41) is -6.96. The van der Waals surface area contributed by atoms with Crippen LogP contribution in [0.4, 0.5) is 0 Å². The Morgan fingerprint density at radius 3 is 1.28 bits per heavy atom. The molecule has 0 unspecified atom stereocenters. The van der Waals surface area contributed by atoms with Crippen LogP contribution in [0.2, 0.25) is 0 Å². The van der Waals surface area contributed by atoms with E-state index in [4.69, 9.17) is 21.9 Å². The molecule has 0 bridgehead atoms. The lowest BCUT2D eigenvalue weighted by Crippen LogP contribution is -1.90. The van der Waals surface area contributed by atoms with Gasteiger partial charge in [-0.3, -0.25) is 0 Å². The Kier molecular flexibility index (Phi) is 2.98. The van der Waals surface area contributed by atoms with Crippen LogP contribution < -0.4 is 0 Å². The number of benzene rings is 13. The van der Waals surface area contributed by atoms with Crippen LogP contribution >= 0.6 is 0 Å². The molecule has 0 spiro atoms. The Morgan fingerprint density at radius 1 is 0.217 bits per heavy atom. The number of hydrogen-bond acceptors (Lipinski definition) is 0. The molecule has 0 aliphatic carbocycles. The fraction of sp³-hybridized carbons (Fsp3) is 0. The monoisotopic (exact) mass is 792 g/mol. The third kappa shape index (κ3) is 5.04. The molecule has 0 aliphatic rings. The molecule has 13 aromatic rings. The van der Waals surface area contributed by atoms with E-state index < -0.39 is 326 Å². The molecule has 0 nitrogen and oxygen atoms in total. The molecule has 0 saturated carbocycles. The highest BCUT2D eigenvalue weighted by Crippen LogP contribution is 2.43. The first-order valence-corrected chi connectivity index (χ1v) is 18.1. The molecule has 0 radical (unpaired) electrons. The smallest absolute Gasteiger partial charge is 0.0616 e.